The van der Waals surface area contributed by atoms with Crippen molar-refractivity contribution in [1.29, 1.82) is 0 Å². The molecule has 1 atom stereocenters. The molecular weight excluding hydrogens is 502 g/mol. The fraction of sp³-hybridized carbons (Fsp3) is 0.240. The first-order valence-corrected chi connectivity index (χ1v) is 11.5. The first kappa shape index (κ1) is 23.6. The van der Waals surface area contributed by atoms with Gasteiger partial charge in [-0.2, -0.15) is 0 Å². The standard InChI is InChI=1S/C25H24BrN3O5/c1-33-18-8-9-19(20(14-18)34-2)22-21(23(30)16-4-6-17(26)7-5-16)24(31)25(32)29(22)12-3-11-28-13-10-27-15-28/h4-10,13-15,22,30H,3,11-12H2,1-2H3/b23-21-. The Bertz CT molecular complexity index is 1220. The summed E-state index contributed by atoms with van der Waals surface area (Å²) in [6.45, 7) is 0.932. The van der Waals surface area contributed by atoms with Gasteiger partial charge in [-0.15, -0.1) is 0 Å². The molecule has 2 aromatic carbocycles. The summed E-state index contributed by atoms with van der Waals surface area (Å²) in [5, 5.41) is 11.2. The van der Waals surface area contributed by atoms with Crippen molar-refractivity contribution in [2.24, 2.45) is 0 Å². The molecular formula is C25H24BrN3O5. The van der Waals surface area contributed by atoms with Crippen LogP contribution in [0.5, 0.6) is 11.5 Å². The summed E-state index contributed by atoms with van der Waals surface area (Å²) < 4.78 is 13.6. The number of aliphatic hydroxyl groups excluding tert-OH is 1. The summed E-state index contributed by atoms with van der Waals surface area (Å²) >= 11 is 3.37. The van der Waals surface area contributed by atoms with Gasteiger partial charge in [0.1, 0.15) is 17.3 Å². The minimum atomic E-state index is -0.813. The Hall–Kier alpha value is -3.59. The molecule has 8 nitrogen and oxygen atoms in total. The number of amides is 1. The zero-order valence-electron chi connectivity index (χ0n) is 18.8. The molecule has 0 saturated carbocycles. The molecule has 4 rings (SSSR count). The maximum atomic E-state index is 13.2. The number of rotatable bonds is 8. The molecule has 1 amide bonds. The number of ether oxygens (including phenoxy) is 2. The van der Waals surface area contributed by atoms with Crippen molar-refractivity contribution in [3.8, 4) is 11.5 Å². The van der Waals surface area contributed by atoms with Gasteiger partial charge in [-0.25, -0.2) is 4.98 Å². The second-order valence-corrected chi connectivity index (χ2v) is 8.68. The number of hydrogen-bond acceptors (Lipinski definition) is 6. The predicted octanol–water partition coefficient (Wildman–Crippen LogP) is 4.17. The quantitative estimate of drug-likeness (QED) is 0.269. The van der Waals surface area contributed by atoms with E-state index in [0.29, 0.717) is 42.1 Å². The molecule has 1 saturated heterocycles. The SMILES string of the molecule is COc1ccc(C2/C(=C(/O)c3ccc(Br)cc3)C(=O)C(=O)N2CCCn2ccnc2)c(OC)c1. The minimum Gasteiger partial charge on any atom is -0.507 e. The second-order valence-electron chi connectivity index (χ2n) is 7.76. The van der Waals surface area contributed by atoms with Crippen molar-refractivity contribution < 1.29 is 24.2 Å². The van der Waals surface area contributed by atoms with E-state index < -0.39 is 17.7 Å². The highest BCUT2D eigenvalue weighted by Gasteiger charge is 2.46. The molecule has 0 radical (unpaired) electrons. The summed E-state index contributed by atoms with van der Waals surface area (Å²) in [5.41, 5.74) is 1.05. The molecule has 3 aromatic rings. The van der Waals surface area contributed by atoms with Gasteiger partial charge in [-0.1, -0.05) is 28.1 Å². The van der Waals surface area contributed by atoms with E-state index in [9.17, 15) is 14.7 Å². The van der Waals surface area contributed by atoms with Crippen LogP contribution in [0.15, 0.2) is 71.2 Å². The third kappa shape index (κ3) is 4.56. The lowest BCUT2D eigenvalue weighted by molar-refractivity contribution is -0.140. The third-order valence-corrected chi connectivity index (χ3v) is 6.30. The van der Waals surface area contributed by atoms with E-state index in [-0.39, 0.29) is 11.3 Å². The largest absolute Gasteiger partial charge is 0.507 e. The lowest BCUT2D eigenvalue weighted by Gasteiger charge is -2.27. The molecule has 2 heterocycles. The zero-order chi connectivity index (χ0) is 24.2. The first-order chi connectivity index (χ1) is 16.4. The van der Waals surface area contributed by atoms with E-state index >= 15 is 0 Å². The summed E-state index contributed by atoms with van der Waals surface area (Å²) in [6, 6.07) is 11.3. The van der Waals surface area contributed by atoms with E-state index in [2.05, 4.69) is 20.9 Å². The smallest absolute Gasteiger partial charge is 0.295 e. The summed E-state index contributed by atoms with van der Waals surface area (Å²) in [7, 11) is 3.06. The van der Waals surface area contributed by atoms with Gasteiger partial charge in [0.05, 0.1) is 32.2 Å². The third-order valence-electron chi connectivity index (χ3n) is 5.77. The highest BCUT2D eigenvalue weighted by Crippen LogP contribution is 2.43. The van der Waals surface area contributed by atoms with E-state index in [1.165, 1.54) is 12.0 Å². The van der Waals surface area contributed by atoms with Crippen molar-refractivity contribution in [3.63, 3.8) is 0 Å². The van der Waals surface area contributed by atoms with Crippen LogP contribution in [0.4, 0.5) is 0 Å². The molecule has 1 aliphatic heterocycles. The van der Waals surface area contributed by atoms with Gasteiger partial charge < -0.3 is 24.0 Å². The molecule has 34 heavy (non-hydrogen) atoms. The van der Waals surface area contributed by atoms with Crippen LogP contribution >= 0.6 is 15.9 Å². The number of carbonyl (C=O) groups excluding carboxylic acids is 2. The van der Waals surface area contributed by atoms with Crippen LogP contribution in [-0.2, 0) is 16.1 Å². The number of imidazole rings is 1. The monoisotopic (exact) mass is 525 g/mol. The van der Waals surface area contributed by atoms with E-state index in [4.69, 9.17) is 9.47 Å². The Morgan fingerprint density at radius 2 is 1.85 bits per heavy atom. The van der Waals surface area contributed by atoms with Crippen molar-refractivity contribution in [1.82, 2.24) is 14.5 Å². The van der Waals surface area contributed by atoms with Crippen molar-refractivity contribution in [2.75, 3.05) is 20.8 Å². The number of methoxy groups -OCH3 is 2. The first-order valence-electron chi connectivity index (χ1n) is 10.7. The van der Waals surface area contributed by atoms with Gasteiger partial charge in [-0.3, -0.25) is 9.59 Å². The second kappa shape index (κ2) is 10.1. The Labute approximate surface area is 205 Å². The Balaban J connectivity index is 1.79. The van der Waals surface area contributed by atoms with Gasteiger partial charge >= 0.3 is 0 Å². The number of hydrogen-bond donors (Lipinski definition) is 1. The summed E-state index contributed by atoms with van der Waals surface area (Å²) in [4.78, 5) is 31.9. The Morgan fingerprint density at radius 1 is 1.09 bits per heavy atom. The number of aryl methyl sites for hydroxylation is 1. The van der Waals surface area contributed by atoms with Gasteiger partial charge in [0, 0.05) is 47.1 Å². The van der Waals surface area contributed by atoms with Crippen LogP contribution < -0.4 is 9.47 Å². The van der Waals surface area contributed by atoms with Gasteiger partial charge in [0.15, 0.2) is 0 Å². The summed E-state index contributed by atoms with van der Waals surface area (Å²) in [5.74, 6) is -0.595. The number of nitrogens with zero attached hydrogens (tertiary/aromatic N) is 3. The molecule has 0 aliphatic carbocycles. The number of ketones is 1. The number of likely N-dealkylation sites (tertiary alicyclic amines) is 1. The van der Waals surface area contributed by atoms with Gasteiger partial charge in [-0.05, 0) is 30.7 Å². The lowest BCUT2D eigenvalue weighted by atomic mass is 9.94. The fourth-order valence-corrected chi connectivity index (χ4v) is 4.35. The number of halogens is 1. The minimum absolute atomic E-state index is 0.0263. The topological polar surface area (TPSA) is 93.9 Å². The average Bonchev–Trinajstić information content (AvgIpc) is 3.46. The highest BCUT2D eigenvalue weighted by atomic mass is 79.9. The summed E-state index contributed by atoms with van der Waals surface area (Å²) in [6.07, 6.45) is 5.82. The van der Waals surface area contributed by atoms with Crippen LogP contribution in [-0.4, -0.2) is 52.0 Å². The predicted molar refractivity (Wildman–Crippen MR) is 130 cm³/mol. The number of Topliss-reactive ketones (excluding diaryl/α,β-unsaturated/α-hetero) is 1. The van der Waals surface area contributed by atoms with E-state index in [0.717, 1.165) is 4.47 Å². The number of aromatic nitrogens is 2. The van der Waals surface area contributed by atoms with Gasteiger partial charge in [0.2, 0.25) is 0 Å². The van der Waals surface area contributed by atoms with Crippen LogP contribution in [0.25, 0.3) is 5.76 Å². The van der Waals surface area contributed by atoms with Crippen LogP contribution in [0, 0.1) is 0 Å². The average molecular weight is 526 g/mol. The molecule has 9 heteroatoms. The normalized spacial score (nSPS) is 17.3. The molecule has 1 unspecified atom stereocenters. The Morgan fingerprint density at radius 3 is 2.50 bits per heavy atom. The molecule has 1 aromatic heterocycles. The van der Waals surface area contributed by atoms with Crippen molar-refractivity contribution in [2.45, 2.75) is 19.0 Å². The van der Waals surface area contributed by atoms with E-state index in [1.54, 1.807) is 62.1 Å². The van der Waals surface area contributed by atoms with Crippen LogP contribution in [0.2, 0.25) is 0 Å². The molecule has 0 bridgehead atoms. The maximum Gasteiger partial charge on any atom is 0.295 e. The molecule has 0 spiro atoms. The Kier molecular flexibility index (Phi) is 7.02. The van der Waals surface area contributed by atoms with Crippen LogP contribution in [0.3, 0.4) is 0 Å². The molecule has 1 fully saturated rings. The van der Waals surface area contributed by atoms with Crippen LogP contribution in [0.1, 0.15) is 23.6 Å². The van der Waals surface area contributed by atoms with Crippen molar-refractivity contribution >= 4 is 33.4 Å². The maximum absolute atomic E-state index is 13.2. The number of benzene rings is 2. The van der Waals surface area contributed by atoms with Crippen molar-refractivity contribution in [3.05, 3.63) is 82.4 Å². The fourth-order valence-electron chi connectivity index (χ4n) is 4.08. The van der Waals surface area contributed by atoms with Gasteiger partial charge in [0.25, 0.3) is 11.7 Å². The molecule has 1 N–H and O–H groups in total. The van der Waals surface area contributed by atoms with E-state index in [1.807, 2.05) is 10.8 Å². The molecule has 176 valence electrons. The zero-order valence-corrected chi connectivity index (χ0v) is 20.4. The highest BCUT2D eigenvalue weighted by molar-refractivity contribution is 9.10. The lowest BCUT2D eigenvalue weighted by Crippen LogP contribution is -2.31. The number of carbonyl (C=O) groups is 2. The molecule has 1 aliphatic rings. The number of aliphatic hydroxyl groups is 1.